The number of nitrogens with one attached hydrogen (secondary N) is 1. The second-order valence-corrected chi connectivity index (χ2v) is 4.08. The van der Waals surface area contributed by atoms with E-state index in [2.05, 4.69) is 0 Å². The monoisotopic (exact) mass is 208 g/mol. The minimum Gasteiger partial charge on any atom is -0.314 e. The van der Waals surface area contributed by atoms with E-state index in [0.717, 1.165) is 4.88 Å². The van der Waals surface area contributed by atoms with Gasteiger partial charge in [-0.15, -0.1) is 11.3 Å². The van der Waals surface area contributed by atoms with E-state index in [4.69, 9.17) is 0 Å². The van der Waals surface area contributed by atoms with Crippen molar-refractivity contribution in [3.8, 4) is 0 Å². The summed E-state index contributed by atoms with van der Waals surface area (Å²) in [7, 11) is 4.04. The van der Waals surface area contributed by atoms with E-state index >= 15 is 0 Å². The summed E-state index contributed by atoms with van der Waals surface area (Å²) in [6.45, 7) is 0. The lowest BCUT2D eigenvalue weighted by Crippen LogP contribution is -3.00. The molecule has 0 radical (unpaired) electrons. The van der Waals surface area contributed by atoms with Crippen LogP contribution in [-0.4, -0.2) is 19.9 Å². The van der Waals surface area contributed by atoms with Crippen molar-refractivity contribution in [1.29, 1.82) is 0 Å². The summed E-state index contributed by atoms with van der Waals surface area (Å²) in [5.74, 6) is 0.0680. The molecule has 0 saturated carbocycles. The molecular formula is C11H14NOS+. The molecule has 1 N–H and O–H groups in total. The van der Waals surface area contributed by atoms with E-state index in [1.54, 1.807) is 12.2 Å². The van der Waals surface area contributed by atoms with Crippen LogP contribution in [-0.2, 0) is 0 Å². The Morgan fingerprint density at radius 2 is 2.21 bits per heavy atom. The van der Waals surface area contributed by atoms with Gasteiger partial charge in [0.15, 0.2) is 5.78 Å². The van der Waals surface area contributed by atoms with Gasteiger partial charge in [-0.1, -0.05) is 12.1 Å². The minimum absolute atomic E-state index is 0.0680. The Kier molecular flexibility index (Phi) is 4.29. The van der Waals surface area contributed by atoms with Crippen molar-refractivity contribution < 1.29 is 9.69 Å². The average Bonchev–Trinajstić information content (AvgIpc) is 2.64. The smallest absolute Gasteiger partial charge is 0.195 e. The molecule has 0 amide bonds. The van der Waals surface area contributed by atoms with E-state index < -0.39 is 0 Å². The number of ketones is 1. The van der Waals surface area contributed by atoms with Crippen LogP contribution in [0, 0.1) is 0 Å². The van der Waals surface area contributed by atoms with Crippen LogP contribution in [0.15, 0.2) is 41.9 Å². The molecule has 0 bridgehead atoms. The summed E-state index contributed by atoms with van der Waals surface area (Å²) in [4.78, 5) is 13.4. The first-order chi connectivity index (χ1) is 6.70. The molecule has 3 heteroatoms. The molecule has 1 aromatic heterocycles. The predicted octanol–water partition coefficient (Wildman–Crippen LogP) is 1.15. The third-order valence-corrected chi connectivity index (χ3v) is 2.44. The zero-order valence-electron chi connectivity index (χ0n) is 8.36. The highest BCUT2D eigenvalue weighted by atomic mass is 32.1. The number of hydrogen-bond donors (Lipinski definition) is 1. The first kappa shape index (κ1) is 10.9. The predicted molar refractivity (Wildman–Crippen MR) is 59.7 cm³/mol. The van der Waals surface area contributed by atoms with Crippen LogP contribution >= 0.6 is 11.3 Å². The van der Waals surface area contributed by atoms with Gasteiger partial charge in [-0.25, -0.2) is 0 Å². The quantitative estimate of drug-likeness (QED) is 0.447. The molecule has 0 atom stereocenters. The van der Waals surface area contributed by atoms with Gasteiger partial charge in [0.1, 0.15) is 0 Å². The number of hydrogen-bond acceptors (Lipinski definition) is 2. The zero-order chi connectivity index (χ0) is 10.4. The van der Waals surface area contributed by atoms with Crippen LogP contribution in [0.4, 0.5) is 0 Å². The Hall–Kier alpha value is -1.19. The number of thiophene rings is 1. The summed E-state index contributed by atoms with van der Waals surface area (Å²) in [6.07, 6.45) is 7.21. The van der Waals surface area contributed by atoms with Gasteiger partial charge in [0, 0.05) is 0 Å². The van der Waals surface area contributed by atoms with Crippen LogP contribution in [0.25, 0.3) is 0 Å². The van der Waals surface area contributed by atoms with Crippen LogP contribution < -0.4 is 4.90 Å². The lowest BCUT2D eigenvalue weighted by molar-refractivity contribution is -0.801. The summed E-state index contributed by atoms with van der Waals surface area (Å²) < 4.78 is 0. The molecule has 0 aliphatic carbocycles. The third-order valence-electron chi connectivity index (χ3n) is 1.55. The van der Waals surface area contributed by atoms with Gasteiger partial charge >= 0.3 is 0 Å². The van der Waals surface area contributed by atoms with E-state index in [-0.39, 0.29) is 5.78 Å². The van der Waals surface area contributed by atoms with Crippen molar-refractivity contribution in [2.75, 3.05) is 14.1 Å². The Labute approximate surface area is 88.2 Å². The highest BCUT2D eigenvalue weighted by Crippen LogP contribution is 2.09. The molecule has 1 aromatic rings. The van der Waals surface area contributed by atoms with Crippen molar-refractivity contribution in [1.82, 2.24) is 0 Å². The maximum absolute atomic E-state index is 11.4. The van der Waals surface area contributed by atoms with Crippen molar-refractivity contribution in [3.05, 3.63) is 46.8 Å². The first-order valence-corrected chi connectivity index (χ1v) is 5.31. The molecule has 0 saturated heterocycles. The largest absolute Gasteiger partial charge is 0.314 e. The molecule has 1 rings (SSSR count). The number of allylic oxidation sites excluding steroid dienone is 3. The number of quaternary nitrogens is 1. The summed E-state index contributed by atoms with van der Waals surface area (Å²) >= 11 is 1.47. The maximum Gasteiger partial charge on any atom is 0.195 e. The van der Waals surface area contributed by atoms with E-state index in [1.165, 1.54) is 16.2 Å². The zero-order valence-corrected chi connectivity index (χ0v) is 9.17. The maximum atomic E-state index is 11.4. The Balaban J connectivity index is 2.49. The molecular weight excluding hydrogens is 194 g/mol. The van der Waals surface area contributed by atoms with E-state index in [1.807, 2.05) is 43.9 Å². The van der Waals surface area contributed by atoms with Crippen molar-refractivity contribution in [2.24, 2.45) is 0 Å². The normalized spacial score (nSPS) is 11.9. The minimum atomic E-state index is 0.0680. The molecule has 14 heavy (non-hydrogen) atoms. The molecule has 74 valence electrons. The number of carbonyl (C=O) groups is 1. The number of carbonyl (C=O) groups excluding carboxylic acids is 1. The van der Waals surface area contributed by atoms with Crippen molar-refractivity contribution in [3.63, 3.8) is 0 Å². The first-order valence-electron chi connectivity index (χ1n) is 4.43. The average molecular weight is 208 g/mol. The lowest BCUT2D eigenvalue weighted by Gasteiger charge is -1.93. The molecule has 0 spiro atoms. The molecule has 2 nitrogen and oxygen atoms in total. The van der Waals surface area contributed by atoms with Gasteiger partial charge in [0.05, 0.1) is 25.2 Å². The van der Waals surface area contributed by atoms with Gasteiger partial charge in [-0.05, 0) is 23.6 Å². The van der Waals surface area contributed by atoms with Gasteiger partial charge in [0.25, 0.3) is 0 Å². The molecule has 0 aromatic carbocycles. The standard InChI is InChI=1S/C11H13NOS/c1-12(2)8-4-3-6-10(13)11-7-5-9-14-11/h3-9H,1-2H3/p+1/b6-3+,8-4+. The van der Waals surface area contributed by atoms with E-state index in [0.29, 0.717) is 0 Å². The van der Waals surface area contributed by atoms with Gasteiger partial charge < -0.3 is 4.90 Å². The van der Waals surface area contributed by atoms with Crippen LogP contribution in [0.3, 0.4) is 0 Å². The molecule has 0 aliphatic heterocycles. The Morgan fingerprint density at radius 3 is 2.79 bits per heavy atom. The van der Waals surface area contributed by atoms with Gasteiger partial charge in [0.2, 0.25) is 0 Å². The lowest BCUT2D eigenvalue weighted by atomic mass is 10.3. The molecule has 0 aliphatic rings. The van der Waals surface area contributed by atoms with Crippen LogP contribution in [0.5, 0.6) is 0 Å². The third kappa shape index (κ3) is 3.68. The SMILES string of the molecule is C[NH+](C)/C=C/C=C/C(=O)c1cccs1. The number of rotatable bonds is 4. The van der Waals surface area contributed by atoms with Gasteiger partial charge in [-0.2, -0.15) is 0 Å². The highest BCUT2D eigenvalue weighted by Gasteiger charge is 1.99. The van der Waals surface area contributed by atoms with Gasteiger partial charge in [-0.3, -0.25) is 4.79 Å². The molecule has 0 unspecified atom stereocenters. The highest BCUT2D eigenvalue weighted by molar-refractivity contribution is 7.12. The van der Waals surface area contributed by atoms with Crippen molar-refractivity contribution in [2.45, 2.75) is 0 Å². The summed E-state index contributed by atoms with van der Waals surface area (Å²) in [5, 5.41) is 1.90. The fourth-order valence-electron chi connectivity index (χ4n) is 0.892. The van der Waals surface area contributed by atoms with Crippen LogP contribution in [0.2, 0.25) is 0 Å². The fourth-order valence-corrected chi connectivity index (χ4v) is 1.54. The van der Waals surface area contributed by atoms with Crippen LogP contribution in [0.1, 0.15) is 9.67 Å². The fraction of sp³-hybridized carbons (Fsp3) is 0.182. The second kappa shape index (κ2) is 5.52. The molecule has 0 fully saturated rings. The Morgan fingerprint density at radius 1 is 1.43 bits per heavy atom. The topological polar surface area (TPSA) is 21.5 Å². The Bertz CT molecular complexity index is 336. The summed E-state index contributed by atoms with van der Waals surface area (Å²) in [6, 6.07) is 3.71. The molecule has 1 heterocycles. The van der Waals surface area contributed by atoms with Crippen molar-refractivity contribution >= 4 is 17.1 Å². The second-order valence-electron chi connectivity index (χ2n) is 3.14. The summed E-state index contributed by atoms with van der Waals surface area (Å²) in [5.41, 5.74) is 0. The van der Waals surface area contributed by atoms with E-state index in [9.17, 15) is 4.79 Å².